The van der Waals surface area contributed by atoms with Crippen LogP contribution in [0.1, 0.15) is 39.5 Å². The van der Waals surface area contributed by atoms with Gasteiger partial charge in [0.25, 0.3) is 0 Å². The Balaban J connectivity index is 2.44. The second-order valence-corrected chi connectivity index (χ2v) is 7.93. The minimum Gasteiger partial charge on any atom is -0.389 e. The average molecular weight is 298 g/mol. The number of alkyl halides is 1. The zero-order chi connectivity index (χ0) is 13.8. The third kappa shape index (κ3) is 5.43. The van der Waals surface area contributed by atoms with Gasteiger partial charge in [0.15, 0.2) is 0 Å². The van der Waals surface area contributed by atoms with Crippen molar-refractivity contribution >= 4 is 21.6 Å². The van der Waals surface area contributed by atoms with Gasteiger partial charge in [-0.15, -0.1) is 11.6 Å². The molecule has 0 bridgehead atoms. The quantitative estimate of drug-likeness (QED) is 0.734. The fourth-order valence-electron chi connectivity index (χ4n) is 2.20. The first-order valence-electron chi connectivity index (χ1n) is 6.52. The second-order valence-electron chi connectivity index (χ2n) is 5.77. The van der Waals surface area contributed by atoms with Gasteiger partial charge in [-0.3, -0.25) is 0 Å². The predicted molar refractivity (Wildman–Crippen MR) is 74.3 cm³/mol. The van der Waals surface area contributed by atoms with E-state index in [2.05, 4.69) is 11.6 Å². The lowest BCUT2D eigenvalue weighted by Crippen LogP contribution is -2.46. The Hall–Kier alpha value is 0.160. The predicted octanol–water partition coefficient (Wildman–Crippen LogP) is 1.72. The zero-order valence-electron chi connectivity index (χ0n) is 11.2. The first-order valence-corrected chi connectivity index (χ1v) is 8.71. The number of hydrogen-bond donors (Lipinski definition) is 2. The average Bonchev–Trinajstić information content (AvgIpc) is 2.31. The summed E-state index contributed by atoms with van der Waals surface area (Å²) in [6.07, 6.45) is 3.25. The molecule has 2 N–H and O–H groups in total. The van der Waals surface area contributed by atoms with Crippen molar-refractivity contribution < 1.29 is 13.5 Å². The first kappa shape index (κ1) is 16.2. The van der Waals surface area contributed by atoms with E-state index in [1.807, 2.05) is 0 Å². The molecular formula is C12H24ClNO3S. The Labute approximate surface area is 115 Å². The Morgan fingerprint density at radius 2 is 2.00 bits per heavy atom. The molecule has 0 amide bonds. The highest BCUT2D eigenvalue weighted by atomic mass is 35.5. The van der Waals surface area contributed by atoms with Gasteiger partial charge in [0.05, 0.1) is 11.4 Å². The number of halogens is 1. The van der Waals surface area contributed by atoms with Gasteiger partial charge >= 0.3 is 0 Å². The highest BCUT2D eigenvalue weighted by Gasteiger charge is 2.32. The molecule has 0 heterocycles. The standard InChI is InChI=1S/C12H24ClNO3S/c1-10-3-5-12(15,6-4-10)9-14-18(16,17)8-11(2)7-13/h10-11,14-15H,3-9H2,1-2H3. The van der Waals surface area contributed by atoms with Crippen LogP contribution in [-0.2, 0) is 10.0 Å². The Bertz CT molecular complexity index is 350. The molecule has 1 saturated carbocycles. The van der Waals surface area contributed by atoms with Crippen molar-refractivity contribution in [3.8, 4) is 0 Å². The van der Waals surface area contributed by atoms with Gasteiger partial charge in [-0.05, 0) is 37.5 Å². The van der Waals surface area contributed by atoms with Crippen LogP contribution in [-0.4, -0.2) is 37.3 Å². The molecule has 0 saturated heterocycles. The van der Waals surface area contributed by atoms with Crippen LogP contribution in [0.2, 0.25) is 0 Å². The van der Waals surface area contributed by atoms with E-state index >= 15 is 0 Å². The monoisotopic (exact) mass is 297 g/mol. The molecule has 0 radical (unpaired) electrons. The van der Waals surface area contributed by atoms with Gasteiger partial charge in [0, 0.05) is 12.4 Å². The maximum atomic E-state index is 11.8. The van der Waals surface area contributed by atoms with E-state index in [0.717, 1.165) is 12.8 Å². The fraction of sp³-hybridized carbons (Fsp3) is 1.00. The molecule has 1 aliphatic carbocycles. The van der Waals surface area contributed by atoms with Gasteiger partial charge in [0.1, 0.15) is 0 Å². The third-order valence-electron chi connectivity index (χ3n) is 3.59. The van der Waals surface area contributed by atoms with E-state index in [1.165, 1.54) is 0 Å². The molecule has 18 heavy (non-hydrogen) atoms. The topological polar surface area (TPSA) is 66.4 Å². The lowest BCUT2D eigenvalue weighted by atomic mass is 9.80. The second kappa shape index (κ2) is 6.55. The number of aliphatic hydroxyl groups is 1. The van der Waals surface area contributed by atoms with Crippen LogP contribution in [0, 0.1) is 11.8 Å². The van der Waals surface area contributed by atoms with E-state index in [0.29, 0.717) is 24.6 Å². The SMILES string of the molecule is CC1CCC(O)(CNS(=O)(=O)CC(C)CCl)CC1. The smallest absolute Gasteiger partial charge is 0.211 e. The van der Waals surface area contributed by atoms with Crippen molar-refractivity contribution in [3.63, 3.8) is 0 Å². The van der Waals surface area contributed by atoms with Crippen LogP contribution in [0.3, 0.4) is 0 Å². The summed E-state index contributed by atoms with van der Waals surface area (Å²) in [7, 11) is -3.34. The molecule has 0 aromatic heterocycles. The summed E-state index contributed by atoms with van der Waals surface area (Å²) in [6, 6.07) is 0. The van der Waals surface area contributed by atoms with Crippen LogP contribution in [0.5, 0.6) is 0 Å². The molecule has 0 spiro atoms. The summed E-state index contributed by atoms with van der Waals surface area (Å²) < 4.78 is 26.0. The summed E-state index contributed by atoms with van der Waals surface area (Å²) in [6.45, 7) is 4.08. The van der Waals surface area contributed by atoms with Gasteiger partial charge in [-0.25, -0.2) is 13.1 Å². The molecule has 4 nitrogen and oxygen atoms in total. The van der Waals surface area contributed by atoms with Crippen molar-refractivity contribution in [1.82, 2.24) is 4.72 Å². The lowest BCUT2D eigenvalue weighted by Gasteiger charge is -2.34. The van der Waals surface area contributed by atoms with Gasteiger partial charge < -0.3 is 5.11 Å². The maximum Gasteiger partial charge on any atom is 0.211 e. The highest BCUT2D eigenvalue weighted by Crippen LogP contribution is 2.31. The molecule has 1 rings (SSSR count). The van der Waals surface area contributed by atoms with Crippen molar-refractivity contribution in [2.24, 2.45) is 11.8 Å². The third-order valence-corrected chi connectivity index (χ3v) is 5.71. The Morgan fingerprint density at radius 1 is 1.44 bits per heavy atom. The molecule has 1 fully saturated rings. The van der Waals surface area contributed by atoms with Gasteiger partial charge in [0.2, 0.25) is 10.0 Å². The van der Waals surface area contributed by atoms with Crippen molar-refractivity contribution in [2.75, 3.05) is 18.2 Å². The number of rotatable bonds is 6. The van der Waals surface area contributed by atoms with Crippen LogP contribution in [0.15, 0.2) is 0 Å². The Kier molecular flexibility index (Phi) is 5.90. The van der Waals surface area contributed by atoms with Crippen molar-refractivity contribution in [1.29, 1.82) is 0 Å². The summed E-state index contributed by atoms with van der Waals surface area (Å²) in [5, 5.41) is 10.3. The van der Waals surface area contributed by atoms with Crippen LogP contribution < -0.4 is 4.72 Å². The number of hydrogen-bond acceptors (Lipinski definition) is 3. The minimum atomic E-state index is -3.34. The summed E-state index contributed by atoms with van der Waals surface area (Å²) >= 11 is 5.61. The Morgan fingerprint density at radius 3 is 2.50 bits per heavy atom. The molecule has 1 unspecified atom stereocenters. The highest BCUT2D eigenvalue weighted by molar-refractivity contribution is 7.89. The van der Waals surface area contributed by atoms with E-state index < -0.39 is 15.6 Å². The van der Waals surface area contributed by atoms with Crippen LogP contribution >= 0.6 is 11.6 Å². The summed E-state index contributed by atoms with van der Waals surface area (Å²) in [4.78, 5) is 0. The lowest BCUT2D eigenvalue weighted by molar-refractivity contribution is -0.00183. The minimum absolute atomic E-state index is 0.0168. The molecule has 6 heteroatoms. The van der Waals surface area contributed by atoms with Gasteiger partial charge in [-0.2, -0.15) is 0 Å². The fourth-order valence-corrected chi connectivity index (χ4v) is 3.91. The molecule has 1 aliphatic rings. The van der Waals surface area contributed by atoms with Crippen LogP contribution in [0.4, 0.5) is 0 Å². The molecule has 1 atom stereocenters. The molecule has 0 aliphatic heterocycles. The molecule has 0 aromatic rings. The summed E-state index contributed by atoms with van der Waals surface area (Å²) in [5.74, 6) is 0.884. The number of sulfonamides is 1. The van der Waals surface area contributed by atoms with Crippen molar-refractivity contribution in [3.05, 3.63) is 0 Å². The van der Waals surface area contributed by atoms with E-state index in [9.17, 15) is 13.5 Å². The van der Waals surface area contributed by atoms with Crippen molar-refractivity contribution in [2.45, 2.75) is 45.1 Å². The molecular weight excluding hydrogens is 274 g/mol. The first-order chi connectivity index (χ1) is 8.26. The largest absolute Gasteiger partial charge is 0.389 e. The maximum absolute atomic E-state index is 11.8. The molecule has 108 valence electrons. The van der Waals surface area contributed by atoms with Gasteiger partial charge in [-0.1, -0.05) is 13.8 Å². The summed E-state index contributed by atoms with van der Waals surface area (Å²) in [5.41, 5.74) is -0.871. The van der Waals surface area contributed by atoms with Crippen LogP contribution in [0.25, 0.3) is 0 Å². The zero-order valence-corrected chi connectivity index (χ0v) is 12.7. The van der Waals surface area contributed by atoms with E-state index in [-0.39, 0.29) is 18.2 Å². The normalized spacial score (nSPS) is 31.2. The van der Waals surface area contributed by atoms with E-state index in [4.69, 9.17) is 11.6 Å². The van der Waals surface area contributed by atoms with E-state index in [1.54, 1.807) is 6.92 Å². The number of nitrogens with one attached hydrogen (secondary N) is 1. The molecule has 0 aromatic carbocycles.